The molecular formula is C29H26O2. The highest BCUT2D eigenvalue weighted by atomic mass is 16.2. The number of carbonyl (C=O) groups is 2. The van der Waals surface area contributed by atoms with Gasteiger partial charge >= 0.3 is 0 Å². The summed E-state index contributed by atoms with van der Waals surface area (Å²) in [6, 6.07) is 23.5. The molecular weight excluding hydrogens is 380 g/mol. The van der Waals surface area contributed by atoms with Gasteiger partial charge in [0, 0.05) is 11.1 Å². The van der Waals surface area contributed by atoms with Gasteiger partial charge in [-0.1, -0.05) is 84.9 Å². The molecule has 1 aliphatic carbocycles. The highest BCUT2D eigenvalue weighted by molar-refractivity contribution is 6.29. The maximum atomic E-state index is 13.7. The van der Waals surface area contributed by atoms with Crippen LogP contribution >= 0.6 is 0 Å². The fourth-order valence-corrected chi connectivity index (χ4v) is 4.64. The van der Waals surface area contributed by atoms with Crippen molar-refractivity contribution >= 4 is 11.6 Å². The third kappa shape index (κ3) is 3.94. The molecule has 0 saturated carbocycles. The Morgan fingerprint density at radius 2 is 1.03 bits per heavy atom. The number of hydrogen-bond acceptors (Lipinski definition) is 2. The number of Topliss-reactive ketones (excluding diaryl/α,β-unsaturated/α-hetero) is 2. The molecule has 0 amide bonds. The van der Waals surface area contributed by atoms with Gasteiger partial charge in [0.2, 0.25) is 0 Å². The molecule has 2 heteroatoms. The van der Waals surface area contributed by atoms with Crippen LogP contribution in [0.4, 0.5) is 0 Å². The van der Waals surface area contributed by atoms with Gasteiger partial charge in [-0.15, -0.1) is 13.2 Å². The Morgan fingerprint density at radius 3 is 1.45 bits per heavy atom. The van der Waals surface area contributed by atoms with Gasteiger partial charge in [-0.3, -0.25) is 9.59 Å². The number of allylic oxidation sites excluding steroid dienone is 2. The molecule has 0 heterocycles. The number of benzene rings is 3. The van der Waals surface area contributed by atoms with Gasteiger partial charge in [-0.2, -0.15) is 0 Å². The number of rotatable bonds is 8. The van der Waals surface area contributed by atoms with Crippen LogP contribution in [0.2, 0.25) is 0 Å². The molecule has 0 radical (unpaired) electrons. The van der Waals surface area contributed by atoms with Crippen molar-refractivity contribution in [1.82, 2.24) is 0 Å². The van der Waals surface area contributed by atoms with E-state index < -0.39 is 5.41 Å². The zero-order valence-corrected chi connectivity index (χ0v) is 17.6. The van der Waals surface area contributed by atoms with E-state index in [9.17, 15) is 9.59 Å². The molecule has 0 aromatic heterocycles. The van der Waals surface area contributed by atoms with Crippen molar-refractivity contribution in [1.29, 1.82) is 0 Å². The molecule has 0 spiro atoms. The smallest absolute Gasteiger partial charge is 0.178 e. The van der Waals surface area contributed by atoms with E-state index in [4.69, 9.17) is 0 Å². The summed E-state index contributed by atoms with van der Waals surface area (Å²) in [4.78, 5) is 27.4. The Morgan fingerprint density at radius 1 is 0.613 bits per heavy atom. The largest absolute Gasteiger partial charge is 0.293 e. The first-order valence-corrected chi connectivity index (χ1v) is 10.6. The summed E-state index contributed by atoms with van der Waals surface area (Å²) in [5.74, 6) is -0.146. The van der Waals surface area contributed by atoms with Gasteiger partial charge in [-0.25, -0.2) is 0 Å². The minimum atomic E-state index is -1.12. The SMILES string of the molecule is C=CCc1cccc(CC2(Cc3cccc(CC=C)c3)C(=O)c3ccccc3C2=O)c1. The Kier molecular flexibility index (Phi) is 5.81. The van der Waals surface area contributed by atoms with Gasteiger partial charge in [0.15, 0.2) is 11.6 Å². The Labute approximate surface area is 183 Å². The third-order valence-corrected chi connectivity index (χ3v) is 6.04. The van der Waals surface area contributed by atoms with Crippen molar-refractivity contribution in [2.45, 2.75) is 25.7 Å². The lowest BCUT2D eigenvalue weighted by Gasteiger charge is -2.27. The minimum Gasteiger partial charge on any atom is -0.293 e. The van der Waals surface area contributed by atoms with Crippen molar-refractivity contribution < 1.29 is 9.59 Å². The summed E-state index contributed by atoms with van der Waals surface area (Å²) in [5.41, 5.74) is 4.21. The second-order valence-electron chi connectivity index (χ2n) is 8.26. The van der Waals surface area contributed by atoms with Crippen molar-refractivity contribution in [3.63, 3.8) is 0 Å². The lowest BCUT2D eigenvalue weighted by atomic mass is 9.72. The molecule has 0 unspecified atom stereocenters. The predicted molar refractivity (Wildman–Crippen MR) is 126 cm³/mol. The van der Waals surface area contributed by atoms with Crippen molar-refractivity contribution in [3.8, 4) is 0 Å². The molecule has 0 aliphatic heterocycles. The Hall–Kier alpha value is -3.52. The summed E-state index contributed by atoms with van der Waals surface area (Å²) in [5, 5.41) is 0. The molecule has 0 saturated heterocycles. The van der Waals surface area contributed by atoms with Crippen molar-refractivity contribution in [2.24, 2.45) is 5.41 Å². The van der Waals surface area contributed by atoms with E-state index >= 15 is 0 Å². The highest BCUT2D eigenvalue weighted by Crippen LogP contribution is 2.42. The van der Waals surface area contributed by atoms with Crippen LogP contribution in [0.25, 0.3) is 0 Å². The van der Waals surface area contributed by atoms with Crippen LogP contribution in [0.15, 0.2) is 98.1 Å². The number of fused-ring (bicyclic) bond motifs is 1. The average molecular weight is 407 g/mol. The molecule has 3 aromatic rings. The van der Waals surface area contributed by atoms with Crippen molar-refractivity contribution in [3.05, 3.63) is 131 Å². The molecule has 1 aliphatic rings. The number of carbonyl (C=O) groups excluding carboxylic acids is 2. The summed E-state index contributed by atoms with van der Waals surface area (Å²) < 4.78 is 0. The second-order valence-corrected chi connectivity index (χ2v) is 8.26. The van der Waals surface area contributed by atoms with Crippen molar-refractivity contribution in [2.75, 3.05) is 0 Å². The van der Waals surface area contributed by atoms with Crippen LogP contribution in [0.5, 0.6) is 0 Å². The van der Waals surface area contributed by atoms with E-state index in [1.165, 1.54) is 0 Å². The van der Waals surface area contributed by atoms with E-state index in [0.717, 1.165) is 35.1 Å². The monoisotopic (exact) mass is 406 g/mol. The lowest BCUT2D eigenvalue weighted by molar-refractivity contribution is 0.0695. The predicted octanol–water partition coefficient (Wildman–Crippen LogP) is 5.99. The molecule has 0 N–H and O–H groups in total. The van der Waals surface area contributed by atoms with Crippen LogP contribution in [-0.2, 0) is 25.7 Å². The van der Waals surface area contributed by atoms with E-state index in [2.05, 4.69) is 25.3 Å². The zero-order valence-electron chi connectivity index (χ0n) is 17.6. The quantitative estimate of drug-likeness (QED) is 0.340. The van der Waals surface area contributed by atoms with E-state index in [0.29, 0.717) is 24.0 Å². The molecule has 31 heavy (non-hydrogen) atoms. The highest BCUT2D eigenvalue weighted by Gasteiger charge is 2.52. The summed E-state index contributed by atoms with van der Waals surface area (Å²) in [6.45, 7) is 7.64. The lowest BCUT2D eigenvalue weighted by Crippen LogP contribution is -2.38. The topological polar surface area (TPSA) is 34.1 Å². The first-order valence-electron chi connectivity index (χ1n) is 10.6. The number of ketones is 2. The summed E-state index contributed by atoms with van der Waals surface area (Å²) in [7, 11) is 0. The standard InChI is InChI=1S/C29H26O2/c1-3-9-21-11-7-13-23(17-21)19-29(20-24-14-8-12-22(18-24)10-4-2)27(30)25-15-5-6-16-26(25)28(29)31/h3-8,11-18H,1-2,9-10,19-20H2. The van der Waals surface area contributed by atoms with E-state index in [1.807, 2.05) is 60.7 Å². The normalized spacial score (nSPS) is 14.3. The fourth-order valence-electron chi connectivity index (χ4n) is 4.64. The van der Waals surface area contributed by atoms with Gasteiger partial charge in [0.25, 0.3) is 0 Å². The second kappa shape index (κ2) is 8.69. The number of hydrogen-bond donors (Lipinski definition) is 0. The van der Waals surface area contributed by atoms with E-state index in [-0.39, 0.29) is 11.6 Å². The third-order valence-electron chi connectivity index (χ3n) is 6.04. The molecule has 4 rings (SSSR count). The van der Waals surface area contributed by atoms with Gasteiger partial charge in [0.05, 0.1) is 0 Å². The van der Waals surface area contributed by atoms with Gasteiger partial charge < -0.3 is 0 Å². The zero-order chi connectivity index (χ0) is 21.8. The first kappa shape index (κ1) is 20.7. The Bertz CT molecular complexity index is 1080. The fraction of sp³-hybridized carbons (Fsp3) is 0.172. The minimum absolute atomic E-state index is 0.0728. The van der Waals surface area contributed by atoms with Crippen LogP contribution in [0.3, 0.4) is 0 Å². The van der Waals surface area contributed by atoms with Crippen LogP contribution in [0, 0.1) is 5.41 Å². The summed E-state index contributed by atoms with van der Waals surface area (Å²) >= 11 is 0. The molecule has 0 atom stereocenters. The molecule has 0 fully saturated rings. The maximum absolute atomic E-state index is 13.7. The average Bonchev–Trinajstić information content (AvgIpc) is 2.97. The summed E-state index contributed by atoms with van der Waals surface area (Å²) in [6.07, 6.45) is 6.01. The molecule has 154 valence electrons. The first-order chi connectivity index (χ1) is 15.1. The van der Waals surface area contributed by atoms with Crippen LogP contribution < -0.4 is 0 Å². The Balaban J connectivity index is 1.78. The van der Waals surface area contributed by atoms with E-state index in [1.54, 1.807) is 12.1 Å². The van der Waals surface area contributed by atoms with Gasteiger partial charge in [-0.05, 0) is 47.9 Å². The molecule has 3 aromatic carbocycles. The van der Waals surface area contributed by atoms with Crippen LogP contribution in [0.1, 0.15) is 43.0 Å². The van der Waals surface area contributed by atoms with Gasteiger partial charge in [0.1, 0.15) is 5.41 Å². The maximum Gasteiger partial charge on any atom is 0.178 e. The van der Waals surface area contributed by atoms with Crippen LogP contribution in [-0.4, -0.2) is 11.6 Å². The molecule has 0 bridgehead atoms. The molecule has 2 nitrogen and oxygen atoms in total.